The van der Waals surface area contributed by atoms with E-state index in [1.165, 1.54) is 0 Å². The number of hydrogen-bond donors (Lipinski definition) is 2. The van der Waals surface area contributed by atoms with Crippen molar-refractivity contribution in [1.82, 2.24) is 4.98 Å². The van der Waals surface area contributed by atoms with Gasteiger partial charge in [-0.2, -0.15) is 0 Å². The molecule has 0 aliphatic rings. The minimum Gasteiger partial charge on any atom is -0.462 e. The van der Waals surface area contributed by atoms with E-state index in [2.05, 4.69) is 14.5 Å². The third-order valence-corrected chi connectivity index (χ3v) is 2.05. The molecule has 0 unspecified atom stereocenters. The van der Waals surface area contributed by atoms with Gasteiger partial charge in [0.15, 0.2) is 5.75 Å². The second-order valence-electron chi connectivity index (χ2n) is 3.33. The number of carbonyl (C=O) groups excluding carboxylic acids is 1. The number of esters is 1. The van der Waals surface area contributed by atoms with Gasteiger partial charge in [-0.3, -0.25) is 4.98 Å². The summed E-state index contributed by atoms with van der Waals surface area (Å²) < 4.78 is 45.2. The first-order chi connectivity index (χ1) is 8.80. The van der Waals surface area contributed by atoms with E-state index < -0.39 is 23.8 Å². The Morgan fingerprint density at radius 2 is 2.11 bits per heavy atom. The number of ether oxygens (including phenoxy) is 2. The van der Waals surface area contributed by atoms with E-state index in [1.807, 2.05) is 0 Å². The molecule has 0 aliphatic heterocycles. The molecule has 0 spiro atoms. The summed E-state index contributed by atoms with van der Waals surface area (Å²) >= 11 is 0. The molecular weight excluding hydrogens is 267 g/mol. The van der Waals surface area contributed by atoms with Gasteiger partial charge in [-0.1, -0.05) is 0 Å². The first-order valence-electron chi connectivity index (χ1n) is 5.20. The van der Waals surface area contributed by atoms with Crippen LogP contribution in [0.25, 0.3) is 0 Å². The van der Waals surface area contributed by atoms with Gasteiger partial charge in [0.1, 0.15) is 5.56 Å². The normalized spacial score (nSPS) is 11.2. The predicted octanol–water partition coefficient (Wildman–Crippen LogP) is 1.20. The lowest BCUT2D eigenvalue weighted by atomic mass is 10.2. The molecule has 1 rings (SSSR count). The zero-order valence-electron chi connectivity index (χ0n) is 9.95. The highest BCUT2D eigenvalue weighted by Gasteiger charge is 2.34. The van der Waals surface area contributed by atoms with E-state index in [0.29, 0.717) is 0 Å². The van der Waals surface area contributed by atoms with Gasteiger partial charge in [0, 0.05) is 12.7 Å². The van der Waals surface area contributed by atoms with E-state index in [9.17, 15) is 18.0 Å². The quantitative estimate of drug-likeness (QED) is 0.803. The third kappa shape index (κ3) is 3.71. The van der Waals surface area contributed by atoms with Crippen molar-refractivity contribution in [1.29, 1.82) is 0 Å². The number of pyridine rings is 1. The number of hydrogen-bond acceptors (Lipinski definition) is 6. The summed E-state index contributed by atoms with van der Waals surface area (Å²) in [7, 11) is 0. The molecule has 6 nitrogen and oxygen atoms in total. The van der Waals surface area contributed by atoms with E-state index in [4.69, 9.17) is 11.5 Å². The number of carbonyl (C=O) groups is 1. The molecule has 4 N–H and O–H groups in total. The number of rotatable bonds is 4. The van der Waals surface area contributed by atoms with Crippen LogP contribution in [0.3, 0.4) is 0 Å². The molecule has 0 saturated carbocycles. The summed E-state index contributed by atoms with van der Waals surface area (Å²) in [4.78, 5) is 15.1. The zero-order chi connectivity index (χ0) is 14.6. The lowest BCUT2D eigenvalue weighted by Gasteiger charge is -2.15. The fourth-order valence-electron chi connectivity index (χ4n) is 1.29. The fourth-order valence-corrected chi connectivity index (χ4v) is 1.29. The first-order valence-corrected chi connectivity index (χ1v) is 5.20. The van der Waals surface area contributed by atoms with Crippen LogP contribution >= 0.6 is 0 Å². The minimum absolute atomic E-state index is 0.0480. The Bertz CT molecular complexity index is 477. The van der Waals surface area contributed by atoms with Crippen molar-refractivity contribution in [3.63, 3.8) is 0 Å². The third-order valence-electron chi connectivity index (χ3n) is 2.05. The molecule has 0 bridgehead atoms. The maximum Gasteiger partial charge on any atom is 0.573 e. The molecule has 106 valence electrons. The highest BCUT2D eigenvalue weighted by molar-refractivity contribution is 5.96. The molecule has 0 atom stereocenters. The lowest BCUT2D eigenvalue weighted by molar-refractivity contribution is -0.274. The molecule has 0 radical (unpaired) electrons. The Morgan fingerprint density at radius 1 is 1.47 bits per heavy atom. The number of halogens is 3. The highest BCUT2D eigenvalue weighted by Crippen LogP contribution is 2.33. The second kappa shape index (κ2) is 5.74. The zero-order valence-corrected chi connectivity index (χ0v) is 9.95. The largest absolute Gasteiger partial charge is 0.573 e. The van der Waals surface area contributed by atoms with Gasteiger partial charge < -0.3 is 20.9 Å². The van der Waals surface area contributed by atoms with Gasteiger partial charge in [0.05, 0.1) is 18.0 Å². The van der Waals surface area contributed by atoms with Crippen LogP contribution in [-0.4, -0.2) is 23.9 Å². The maximum absolute atomic E-state index is 12.3. The van der Waals surface area contributed by atoms with Crippen molar-refractivity contribution in [2.24, 2.45) is 5.73 Å². The van der Waals surface area contributed by atoms with E-state index in [1.54, 1.807) is 6.92 Å². The Labute approximate surface area is 106 Å². The molecule has 0 saturated heterocycles. The van der Waals surface area contributed by atoms with E-state index in [0.717, 1.165) is 6.20 Å². The number of nitrogens with zero attached hydrogens (tertiary/aromatic N) is 1. The van der Waals surface area contributed by atoms with Crippen LogP contribution in [0.2, 0.25) is 0 Å². The Hall–Kier alpha value is -2.03. The number of anilines is 1. The SMILES string of the molecule is CCOC(=O)c1cnc(CN)c(OC(F)(F)F)c1N. The topological polar surface area (TPSA) is 100 Å². The van der Waals surface area contributed by atoms with E-state index >= 15 is 0 Å². The van der Waals surface area contributed by atoms with Gasteiger partial charge in [-0.05, 0) is 6.92 Å². The average molecular weight is 279 g/mol. The molecule has 0 aliphatic carbocycles. The summed E-state index contributed by atoms with van der Waals surface area (Å²) in [6.07, 6.45) is -3.97. The summed E-state index contributed by atoms with van der Waals surface area (Å²) in [5.41, 5.74) is 9.70. The van der Waals surface area contributed by atoms with Crippen molar-refractivity contribution in [2.75, 3.05) is 12.3 Å². The monoisotopic (exact) mass is 279 g/mol. The summed E-state index contributed by atoms with van der Waals surface area (Å²) in [6.45, 7) is 1.27. The van der Waals surface area contributed by atoms with Gasteiger partial charge >= 0.3 is 12.3 Å². The summed E-state index contributed by atoms with van der Waals surface area (Å²) in [6, 6.07) is 0. The average Bonchev–Trinajstić information content (AvgIpc) is 2.30. The highest BCUT2D eigenvalue weighted by atomic mass is 19.4. The minimum atomic E-state index is -4.97. The van der Waals surface area contributed by atoms with Crippen molar-refractivity contribution < 1.29 is 27.4 Å². The van der Waals surface area contributed by atoms with Crippen molar-refractivity contribution in [3.8, 4) is 5.75 Å². The van der Waals surface area contributed by atoms with Gasteiger partial charge in [-0.15, -0.1) is 13.2 Å². The molecule has 0 amide bonds. The summed E-state index contributed by atoms with van der Waals surface area (Å²) in [5, 5.41) is 0. The van der Waals surface area contributed by atoms with E-state index in [-0.39, 0.29) is 24.4 Å². The van der Waals surface area contributed by atoms with Gasteiger partial charge in [0.25, 0.3) is 0 Å². The van der Waals surface area contributed by atoms with Crippen LogP contribution < -0.4 is 16.2 Å². The molecule has 9 heteroatoms. The predicted molar refractivity (Wildman–Crippen MR) is 59.2 cm³/mol. The van der Waals surface area contributed by atoms with Crippen molar-refractivity contribution in [2.45, 2.75) is 19.8 Å². The van der Waals surface area contributed by atoms with Crippen LogP contribution in [0.1, 0.15) is 23.0 Å². The van der Waals surface area contributed by atoms with Crippen LogP contribution in [0.15, 0.2) is 6.20 Å². The summed E-state index contributed by atoms with van der Waals surface area (Å²) in [5.74, 6) is -1.66. The smallest absolute Gasteiger partial charge is 0.462 e. The van der Waals surface area contributed by atoms with Crippen molar-refractivity contribution in [3.05, 3.63) is 17.5 Å². The number of aromatic nitrogens is 1. The van der Waals surface area contributed by atoms with Gasteiger partial charge in [-0.25, -0.2) is 4.79 Å². The van der Waals surface area contributed by atoms with Crippen LogP contribution in [-0.2, 0) is 11.3 Å². The second-order valence-corrected chi connectivity index (χ2v) is 3.33. The number of alkyl halides is 3. The van der Waals surface area contributed by atoms with Crippen LogP contribution in [0.5, 0.6) is 5.75 Å². The molecule has 0 fully saturated rings. The van der Waals surface area contributed by atoms with Crippen molar-refractivity contribution >= 4 is 11.7 Å². The Morgan fingerprint density at radius 3 is 2.58 bits per heavy atom. The van der Waals surface area contributed by atoms with Crippen LogP contribution in [0, 0.1) is 0 Å². The Balaban J connectivity index is 3.25. The van der Waals surface area contributed by atoms with Gasteiger partial charge in [0.2, 0.25) is 0 Å². The first kappa shape index (κ1) is 15.0. The molecule has 1 aromatic heterocycles. The number of nitrogen functional groups attached to an aromatic ring is 1. The fraction of sp³-hybridized carbons (Fsp3) is 0.400. The molecular formula is C10H12F3N3O3. The number of nitrogens with two attached hydrogens (primary N) is 2. The van der Waals surface area contributed by atoms with Crippen LogP contribution in [0.4, 0.5) is 18.9 Å². The lowest BCUT2D eigenvalue weighted by Crippen LogP contribution is -2.22. The maximum atomic E-state index is 12.3. The molecule has 19 heavy (non-hydrogen) atoms. The molecule has 0 aromatic carbocycles. The standard InChI is InChI=1S/C10H12F3N3O3/c1-2-18-9(17)5-4-16-6(3-14)8(7(5)15)19-10(11,12)13/h4H,2-3,14H2,1H3,(H2,15,16). The molecule has 1 heterocycles. The molecule has 1 aromatic rings. The Kier molecular flexibility index (Phi) is 4.54.